The molecule has 0 atom stereocenters. The molecule has 0 aliphatic carbocycles. The van der Waals surface area contributed by atoms with Crippen LogP contribution in [-0.4, -0.2) is 16.4 Å². The Bertz CT molecular complexity index is 548. The zero-order chi connectivity index (χ0) is 10.7. The third kappa shape index (κ3) is 2.01. The fraction of sp³-hybridized carbons (Fsp3) is 0.100. The summed E-state index contributed by atoms with van der Waals surface area (Å²) < 4.78 is 0. The maximum atomic E-state index is 11.0. The first kappa shape index (κ1) is 9.39. The summed E-state index contributed by atoms with van der Waals surface area (Å²) in [5, 5.41) is 3.37. The molecule has 0 aliphatic heterocycles. The summed E-state index contributed by atoms with van der Waals surface area (Å²) in [7, 11) is 0. The third-order valence-corrected chi connectivity index (χ3v) is 2.01. The van der Waals surface area contributed by atoms with Crippen LogP contribution in [0.5, 0.6) is 0 Å². The van der Waals surface area contributed by atoms with Crippen molar-refractivity contribution >= 4 is 17.4 Å². The van der Waals surface area contributed by atoms with E-state index in [0.29, 0.717) is 24.3 Å². The molecule has 5 heteroatoms. The van der Waals surface area contributed by atoms with Gasteiger partial charge in [-0.1, -0.05) is 0 Å². The van der Waals surface area contributed by atoms with E-state index in [1.54, 1.807) is 12.1 Å². The number of amides is 1. The van der Waals surface area contributed by atoms with E-state index in [9.17, 15) is 9.59 Å². The van der Waals surface area contributed by atoms with Gasteiger partial charge in [-0.2, -0.15) is 0 Å². The summed E-state index contributed by atoms with van der Waals surface area (Å²) in [6, 6.07) is 6.81. The van der Waals surface area contributed by atoms with Crippen LogP contribution in [0.4, 0.5) is 0 Å². The van der Waals surface area contributed by atoms with Crippen molar-refractivity contribution in [1.82, 2.24) is 15.3 Å². The van der Waals surface area contributed by atoms with Gasteiger partial charge in [0.15, 0.2) is 0 Å². The highest BCUT2D eigenvalue weighted by Crippen LogP contribution is 2.07. The number of hydrogen-bond acceptors (Lipinski definition) is 3. The predicted octanol–water partition coefficient (Wildman–Crippen LogP) is 0.169. The van der Waals surface area contributed by atoms with Gasteiger partial charge >= 0.3 is 0 Å². The summed E-state index contributed by atoms with van der Waals surface area (Å²) in [5.74, 6) is 0. The van der Waals surface area contributed by atoms with Gasteiger partial charge in [-0.3, -0.25) is 9.59 Å². The second kappa shape index (κ2) is 3.91. The Kier molecular flexibility index (Phi) is 2.45. The van der Waals surface area contributed by atoms with E-state index in [0.717, 1.165) is 5.39 Å². The van der Waals surface area contributed by atoms with Gasteiger partial charge in [0.1, 0.15) is 5.65 Å². The Morgan fingerprint density at radius 1 is 1.33 bits per heavy atom. The molecule has 5 nitrogen and oxygen atoms in total. The van der Waals surface area contributed by atoms with Crippen LogP contribution in [0.25, 0.3) is 11.0 Å². The molecule has 0 saturated heterocycles. The van der Waals surface area contributed by atoms with Gasteiger partial charge in [0.05, 0.1) is 12.2 Å². The molecule has 76 valence electrons. The van der Waals surface area contributed by atoms with Crippen LogP contribution < -0.4 is 10.9 Å². The number of fused-ring (bicyclic) bond motifs is 1. The highest BCUT2D eigenvalue weighted by Gasteiger charge is 1.98. The van der Waals surface area contributed by atoms with E-state index in [2.05, 4.69) is 15.3 Å². The molecule has 0 saturated carbocycles. The van der Waals surface area contributed by atoms with Crippen LogP contribution in [0.2, 0.25) is 0 Å². The number of H-pyrrole nitrogens is 1. The number of nitrogens with one attached hydrogen (secondary N) is 2. The van der Waals surface area contributed by atoms with Crippen LogP contribution >= 0.6 is 0 Å². The number of aromatic amines is 1. The number of carbonyl (C=O) groups is 1. The van der Waals surface area contributed by atoms with E-state index < -0.39 is 0 Å². The largest absolute Gasteiger partial charge is 0.353 e. The quantitative estimate of drug-likeness (QED) is 0.698. The summed E-state index contributed by atoms with van der Waals surface area (Å²) in [4.78, 5) is 28.0. The first-order chi connectivity index (χ1) is 7.29. The molecule has 0 fully saturated rings. The molecule has 2 rings (SSSR count). The monoisotopic (exact) mass is 203 g/mol. The zero-order valence-corrected chi connectivity index (χ0v) is 7.86. The lowest BCUT2D eigenvalue weighted by Gasteiger charge is -2.01. The Labute approximate surface area is 85.2 Å². The van der Waals surface area contributed by atoms with Crippen LogP contribution in [-0.2, 0) is 11.3 Å². The van der Waals surface area contributed by atoms with Crippen LogP contribution in [0, 0.1) is 0 Å². The summed E-state index contributed by atoms with van der Waals surface area (Å²) >= 11 is 0. The van der Waals surface area contributed by atoms with Crippen molar-refractivity contribution in [2.45, 2.75) is 6.54 Å². The number of hydrogen-bond donors (Lipinski definition) is 2. The fourth-order valence-electron chi connectivity index (χ4n) is 1.31. The highest BCUT2D eigenvalue weighted by molar-refractivity contribution is 5.74. The smallest absolute Gasteiger partial charge is 0.249 e. The molecule has 0 bridgehead atoms. The van der Waals surface area contributed by atoms with Crippen molar-refractivity contribution in [2.24, 2.45) is 0 Å². The van der Waals surface area contributed by atoms with E-state index in [1.165, 1.54) is 6.07 Å². The first-order valence-corrected chi connectivity index (χ1v) is 4.45. The fourth-order valence-corrected chi connectivity index (χ4v) is 1.31. The molecule has 1 amide bonds. The average molecular weight is 203 g/mol. The summed E-state index contributed by atoms with van der Waals surface area (Å²) in [5.41, 5.74) is 1.06. The lowest BCUT2D eigenvalue weighted by molar-refractivity contribution is -0.109. The number of rotatable bonds is 3. The maximum Gasteiger partial charge on any atom is 0.249 e. The van der Waals surface area contributed by atoms with Gasteiger partial charge in [0.2, 0.25) is 12.0 Å². The molecule has 0 radical (unpaired) electrons. The SMILES string of the molecule is O=CNCc1ccc2ccc(=O)[nH]c2n1. The lowest BCUT2D eigenvalue weighted by atomic mass is 10.2. The standard InChI is InChI=1S/C10H9N3O2/c14-6-11-5-8-3-1-7-2-4-9(15)13-10(7)12-8/h1-4,6H,5H2,(H,11,14)(H,12,13,15). The second-order valence-electron chi connectivity index (χ2n) is 3.06. The molecule has 2 aromatic heterocycles. The Morgan fingerprint density at radius 2 is 2.13 bits per heavy atom. The molecule has 2 N–H and O–H groups in total. The van der Waals surface area contributed by atoms with Crippen LogP contribution in [0.1, 0.15) is 5.69 Å². The van der Waals surface area contributed by atoms with E-state index in [4.69, 9.17) is 0 Å². The molecule has 0 aliphatic rings. The molecule has 2 aromatic rings. The van der Waals surface area contributed by atoms with Crippen molar-refractivity contribution in [3.8, 4) is 0 Å². The second-order valence-corrected chi connectivity index (χ2v) is 3.06. The number of nitrogens with zero attached hydrogens (tertiary/aromatic N) is 1. The van der Waals surface area contributed by atoms with E-state index in [-0.39, 0.29) is 5.56 Å². The topological polar surface area (TPSA) is 74.8 Å². The minimum atomic E-state index is -0.185. The van der Waals surface area contributed by atoms with Crippen molar-refractivity contribution in [3.05, 3.63) is 40.3 Å². The molecule has 0 aromatic carbocycles. The van der Waals surface area contributed by atoms with Gasteiger partial charge in [-0.25, -0.2) is 4.98 Å². The van der Waals surface area contributed by atoms with Gasteiger partial charge in [-0.15, -0.1) is 0 Å². The Balaban J connectivity index is 2.44. The van der Waals surface area contributed by atoms with Crippen molar-refractivity contribution in [1.29, 1.82) is 0 Å². The van der Waals surface area contributed by atoms with Crippen LogP contribution in [0.3, 0.4) is 0 Å². The number of aromatic nitrogens is 2. The molecule has 0 unspecified atom stereocenters. The van der Waals surface area contributed by atoms with Crippen molar-refractivity contribution in [3.63, 3.8) is 0 Å². The maximum absolute atomic E-state index is 11.0. The molecular formula is C10H9N3O2. The van der Waals surface area contributed by atoms with E-state index >= 15 is 0 Å². The van der Waals surface area contributed by atoms with E-state index in [1.807, 2.05) is 6.07 Å². The van der Waals surface area contributed by atoms with Crippen LogP contribution in [0.15, 0.2) is 29.1 Å². The number of carbonyl (C=O) groups excluding carboxylic acids is 1. The summed E-state index contributed by atoms with van der Waals surface area (Å²) in [6.45, 7) is 0.358. The van der Waals surface area contributed by atoms with Crippen molar-refractivity contribution in [2.75, 3.05) is 0 Å². The van der Waals surface area contributed by atoms with Gasteiger partial charge in [-0.05, 0) is 18.2 Å². The molecule has 15 heavy (non-hydrogen) atoms. The minimum absolute atomic E-state index is 0.185. The first-order valence-electron chi connectivity index (χ1n) is 4.45. The van der Waals surface area contributed by atoms with Gasteiger partial charge < -0.3 is 10.3 Å². The Hall–Kier alpha value is -2.17. The normalized spacial score (nSPS) is 10.1. The van der Waals surface area contributed by atoms with Crippen molar-refractivity contribution < 1.29 is 4.79 Å². The average Bonchev–Trinajstić information content (AvgIpc) is 2.25. The highest BCUT2D eigenvalue weighted by atomic mass is 16.1. The molecule has 0 spiro atoms. The van der Waals surface area contributed by atoms with Gasteiger partial charge in [0.25, 0.3) is 0 Å². The molecular weight excluding hydrogens is 194 g/mol. The number of pyridine rings is 2. The molecule has 2 heterocycles. The summed E-state index contributed by atoms with van der Waals surface area (Å²) in [6.07, 6.45) is 0.611. The predicted molar refractivity (Wildman–Crippen MR) is 55.3 cm³/mol. The zero-order valence-electron chi connectivity index (χ0n) is 7.86. The van der Waals surface area contributed by atoms with Gasteiger partial charge in [0, 0.05) is 11.5 Å². The third-order valence-electron chi connectivity index (χ3n) is 2.01. The lowest BCUT2D eigenvalue weighted by Crippen LogP contribution is -2.12. The minimum Gasteiger partial charge on any atom is -0.353 e. The Morgan fingerprint density at radius 3 is 2.93 bits per heavy atom.